The zero-order chi connectivity index (χ0) is 13.7. The molecule has 0 saturated heterocycles. The molecule has 3 nitrogen and oxygen atoms in total. The van der Waals surface area contributed by atoms with Crippen molar-refractivity contribution in [3.8, 4) is 0 Å². The van der Waals surface area contributed by atoms with E-state index in [1.807, 2.05) is 0 Å². The van der Waals surface area contributed by atoms with Crippen LogP contribution in [-0.2, 0) is 6.54 Å². The lowest BCUT2D eigenvalue weighted by molar-refractivity contribution is 0.151. The average molecular weight is 395 g/mol. The summed E-state index contributed by atoms with van der Waals surface area (Å²) < 4.78 is 24.7. The minimum atomic E-state index is -2.42. The minimum Gasteiger partial charge on any atom is -0.370 e. The lowest BCUT2D eigenvalue weighted by Gasteiger charge is -2.25. The first-order valence-corrected chi connectivity index (χ1v) is 6.56. The van der Waals surface area contributed by atoms with Crippen LogP contribution in [0.1, 0.15) is 36.8 Å². The van der Waals surface area contributed by atoms with Crippen molar-refractivity contribution in [2.75, 3.05) is 6.54 Å². The number of nitrogens with zero attached hydrogens (tertiary/aromatic N) is 1. The second-order valence-electron chi connectivity index (χ2n) is 4.92. The zero-order valence-corrected chi connectivity index (χ0v) is 13.5. The molecular formula is C14H20F2IN3. The maximum absolute atomic E-state index is 12.4. The molecule has 0 unspecified atom stereocenters. The van der Waals surface area contributed by atoms with Crippen LogP contribution in [-0.4, -0.2) is 12.5 Å². The van der Waals surface area contributed by atoms with Gasteiger partial charge >= 0.3 is 0 Å². The monoisotopic (exact) mass is 395 g/mol. The van der Waals surface area contributed by atoms with Crippen LogP contribution in [0.25, 0.3) is 0 Å². The summed E-state index contributed by atoms with van der Waals surface area (Å²) in [5.41, 5.74) is 6.65. The number of guanidine groups is 1. The molecule has 0 bridgehead atoms. The van der Waals surface area contributed by atoms with Crippen LogP contribution in [0, 0.1) is 5.92 Å². The van der Waals surface area contributed by atoms with Gasteiger partial charge in [0.1, 0.15) is 0 Å². The molecule has 1 aromatic rings. The molecule has 1 aliphatic carbocycles. The third-order valence-electron chi connectivity index (χ3n) is 3.46. The van der Waals surface area contributed by atoms with Gasteiger partial charge in [-0.3, -0.25) is 0 Å². The van der Waals surface area contributed by atoms with Gasteiger partial charge in [-0.2, -0.15) is 0 Å². The van der Waals surface area contributed by atoms with Crippen LogP contribution in [0.4, 0.5) is 8.78 Å². The highest BCUT2D eigenvalue weighted by Crippen LogP contribution is 2.25. The highest BCUT2D eigenvalue weighted by atomic mass is 127. The molecule has 6 heteroatoms. The second kappa shape index (κ2) is 8.39. The number of halogens is 3. The maximum Gasteiger partial charge on any atom is 0.263 e. The van der Waals surface area contributed by atoms with Gasteiger partial charge < -0.3 is 11.1 Å². The topological polar surface area (TPSA) is 50.4 Å². The summed E-state index contributed by atoms with van der Waals surface area (Å²) in [6.45, 7) is 1.28. The minimum absolute atomic E-state index is 0. The summed E-state index contributed by atoms with van der Waals surface area (Å²) in [4.78, 5) is 4.20. The summed E-state index contributed by atoms with van der Waals surface area (Å²) in [6.07, 6.45) is 1.40. The lowest BCUT2D eigenvalue weighted by Crippen LogP contribution is -2.37. The molecule has 112 valence electrons. The summed E-state index contributed by atoms with van der Waals surface area (Å²) in [5, 5.41) is 3.09. The predicted molar refractivity (Wildman–Crippen MR) is 87.5 cm³/mol. The van der Waals surface area contributed by atoms with Gasteiger partial charge in [0.25, 0.3) is 6.43 Å². The summed E-state index contributed by atoms with van der Waals surface area (Å²) in [5.74, 6) is 1.14. The van der Waals surface area contributed by atoms with Crippen LogP contribution >= 0.6 is 24.0 Å². The lowest BCUT2D eigenvalue weighted by atomic mass is 9.85. The number of alkyl halides is 2. The Hall–Kier alpha value is -0.920. The first-order chi connectivity index (χ1) is 9.15. The van der Waals surface area contributed by atoms with E-state index in [1.54, 1.807) is 12.1 Å². The van der Waals surface area contributed by atoms with Crippen molar-refractivity contribution in [2.45, 2.75) is 32.2 Å². The molecule has 0 aliphatic heterocycles. The Morgan fingerprint density at radius 1 is 1.30 bits per heavy atom. The van der Waals surface area contributed by atoms with Crippen molar-refractivity contribution in [1.82, 2.24) is 5.32 Å². The first kappa shape index (κ1) is 17.1. The third kappa shape index (κ3) is 5.22. The molecular weight excluding hydrogens is 375 g/mol. The van der Waals surface area contributed by atoms with Crippen LogP contribution in [0.5, 0.6) is 0 Å². The Morgan fingerprint density at radius 2 is 1.95 bits per heavy atom. The number of benzene rings is 1. The van der Waals surface area contributed by atoms with Crippen molar-refractivity contribution >= 4 is 29.9 Å². The molecule has 20 heavy (non-hydrogen) atoms. The molecule has 1 aliphatic rings. The van der Waals surface area contributed by atoms with E-state index in [4.69, 9.17) is 5.73 Å². The molecule has 0 spiro atoms. The van der Waals surface area contributed by atoms with Crippen molar-refractivity contribution in [3.63, 3.8) is 0 Å². The number of nitrogens with two attached hydrogens (primary N) is 1. The number of rotatable bonds is 5. The van der Waals surface area contributed by atoms with Crippen LogP contribution in [0.3, 0.4) is 0 Å². The summed E-state index contributed by atoms with van der Waals surface area (Å²) in [7, 11) is 0. The van der Waals surface area contributed by atoms with E-state index in [2.05, 4.69) is 10.3 Å². The standard InChI is InChI=1S/C14H19F2N3.HI/c15-13(16)12-6-4-11(5-7-12)9-19-14(17)18-8-10-2-1-3-10;/h4-7,10,13H,1-3,8-9H2,(H3,17,18,19);1H. The van der Waals surface area contributed by atoms with Gasteiger partial charge in [0.2, 0.25) is 0 Å². The fraction of sp³-hybridized carbons (Fsp3) is 0.500. The van der Waals surface area contributed by atoms with Gasteiger partial charge in [-0.1, -0.05) is 30.7 Å². The van der Waals surface area contributed by atoms with Gasteiger partial charge in [-0.25, -0.2) is 13.8 Å². The molecule has 2 rings (SSSR count). The SMILES string of the molecule is I.NC(=NCc1ccc(C(F)F)cc1)NCC1CCC1. The maximum atomic E-state index is 12.4. The van der Waals surface area contributed by atoms with Crippen molar-refractivity contribution in [3.05, 3.63) is 35.4 Å². The van der Waals surface area contributed by atoms with E-state index in [9.17, 15) is 8.78 Å². The summed E-state index contributed by atoms with van der Waals surface area (Å²) >= 11 is 0. The van der Waals surface area contributed by atoms with Crippen LogP contribution in [0.15, 0.2) is 29.3 Å². The average Bonchev–Trinajstić information content (AvgIpc) is 2.35. The smallest absolute Gasteiger partial charge is 0.263 e. The molecule has 0 amide bonds. The van der Waals surface area contributed by atoms with Gasteiger partial charge in [-0.05, 0) is 24.3 Å². The van der Waals surface area contributed by atoms with Gasteiger partial charge in [0, 0.05) is 12.1 Å². The largest absolute Gasteiger partial charge is 0.370 e. The number of nitrogens with one attached hydrogen (secondary N) is 1. The van der Waals surface area contributed by atoms with Crippen molar-refractivity contribution in [1.29, 1.82) is 0 Å². The second-order valence-corrected chi connectivity index (χ2v) is 4.92. The van der Waals surface area contributed by atoms with E-state index in [-0.39, 0.29) is 29.5 Å². The van der Waals surface area contributed by atoms with Gasteiger partial charge in [-0.15, -0.1) is 24.0 Å². The molecule has 0 atom stereocenters. The number of hydrogen-bond donors (Lipinski definition) is 2. The van der Waals surface area contributed by atoms with Crippen molar-refractivity contribution in [2.24, 2.45) is 16.6 Å². The Bertz CT molecular complexity index is 431. The van der Waals surface area contributed by atoms with E-state index in [0.29, 0.717) is 12.5 Å². The molecule has 0 radical (unpaired) electrons. The van der Waals surface area contributed by atoms with Gasteiger partial charge in [0.15, 0.2) is 5.96 Å². The normalized spacial score (nSPS) is 15.7. The number of hydrogen-bond acceptors (Lipinski definition) is 1. The van der Waals surface area contributed by atoms with E-state index >= 15 is 0 Å². The molecule has 1 saturated carbocycles. The fourth-order valence-corrected chi connectivity index (χ4v) is 1.95. The quantitative estimate of drug-likeness (QED) is 0.456. The van der Waals surface area contributed by atoms with Crippen LogP contribution < -0.4 is 11.1 Å². The Labute approximate surface area is 135 Å². The highest BCUT2D eigenvalue weighted by molar-refractivity contribution is 14.0. The molecule has 1 fully saturated rings. The first-order valence-electron chi connectivity index (χ1n) is 6.56. The Kier molecular flexibility index (Phi) is 7.18. The fourth-order valence-electron chi connectivity index (χ4n) is 1.95. The number of aliphatic imine (C=N–C) groups is 1. The highest BCUT2D eigenvalue weighted by Gasteiger charge is 2.16. The molecule has 3 N–H and O–H groups in total. The van der Waals surface area contributed by atoms with Gasteiger partial charge in [0.05, 0.1) is 6.54 Å². The third-order valence-corrected chi connectivity index (χ3v) is 3.46. The Balaban J connectivity index is 0.00000200. The Morgan fingerprint density at radius 3 is 2.45 bits per heavy atom. The molecule has 0 heterocycles. The molecule has 0 aromatic heterocycles. The van der Waals surface area contributed by atoms with Crippen molar-refractivity contribution < 1.29 is 8.78 Å². The summed E-state index contributed by atoms with van der Waals surface area (Å²) in [6, 6.07) is 6.16. The van der Waals surface area contributed by atoms with E-state index in [1.165, 1.54) is 31.4 Å². The molecule has 1 aromatic carbocycles. The van der Waals surface area contributed by atoms with E-state index in [0.717, 1.165) is 18.0 Å². The van der Waals surface area contributed by atoms with Crippen LogP contribution in [0.2, 0.25) is 0 Å². The van der Waals surface area contributed by atoms with E-state index < -0.39 is 6.43 Å². The zero-order valence-electron chi connectivity index (χ0n) is 11.2. The predicted octanol–water partition coefficient (Wildman–Crippen LogP) is 3.45.